The molecule has 0 aliphatic carbocycles. The highest BCUT2D eigenvalue weighted by molar-refractivity contribution is 5.67. The summed E-state index contributed by atoms with van der Waals surface area (Å²) in [5, 5.41) is 4.52. The number of ether oxygens (including phenoxy) is 1. The molecule has 1 saturated heterocycles. The summed E-state index contributed by atoms with van der Waals surface area (Å²) >= 11 is 0. The zero-order valence-electron chi connectivity index (χ0n) is 6.56. The molecular weight excluding hydrogens is 170 g/mol. The number of carbonyl (C=O) groups is 1. The van der Waals surface area contributed by atoms with E-state index in [2.05, 4.69) is 10.1 Å². The average Bonchev–Trinajstić information content (AvgIpc) is 2.31. The van der Waals surface area contributed by atoms with E-state index < -0.39 is 24.6 Å². The SMILES string of the molecule is COC(=O)NC1CNCC1(F)F. The van der Waals surface area contributed by atoms with Gasteiger partial charge in [0.05, 0.1) is 13.7 Å². The molecule has 1 aliphatic heterocycles. The molecule has 0 bridgehead atoms. The van der Waals surface area contributed by atoms with Crippen LogP contribution in [0.5, 0.6) is 0 Å². The van der Waals surface area contributed by atoms with Crippen molar-refractivity contribution in [2.75, 3.05) is 20.2 Å². The number of hydrogen-bond donors (Lipinski definition) is 2. The lowest BCUT2D eigenvalue weighted by molar-refractivity contribution is -0.00288. The van der Waals surface area contributed by atoms with Crippen LogP contribution in [0.3, 0.4) is 0 Å². The van der Waals surface area contributed by atoms with Crippen molar-refractivity contribution in [1.29, 1.82) is 0 Å². The fourth-order valence-corrected chi connectivity index (χ4v) is 1.01. The number of halogens is 2. The summed E-state index contributed by atoms with van der Waals surface area (Å²) in [6, 6.07) is -1.16. The molecule has 4 nitrogen and oxygen atoms in total. The van der Waals surface area contributed by atoms with E-state index in [1.165, 1.54) is 0 Å². The topological polar surface area (TPSA) is 50.4 Å². The van der Waals surface area contributed by atoms with Crippen molar-refractivity contribution in [1.82, 2.24) is 10.6 Å². The van der Waals surface area contributed by atoms with Crippen LogP contribution in [0.4, 0.5) is 13.6 Å². The standard InChI is InChI=1S/C6H10F2N2O2/c1-12-5(11)10-4-2-9-3-6(4,7)8/h4,9H,2-3H2,1H3,(H,10,11). The van der Waals surface area contributed by atoms with E-state index >= 15 is 0 Å². The third kappa shape index (κ3) is 1.82. The summed E-state index contributed by atoms with van der Waals surface area (Å²) in [6.07, 6.45) is -0.830. The monoisotopic (exact) mass is 180 g/mol. The second-order valence-electron chi connectivity index (χ2n) is 2.58. The minimum absolute atomic E-state index is 0.0715. The minimum Gasteiger partial charge on any atom is -0.453 e. The lowest BCUT2D eigenvalue weighted by Gasteiger charge is -2.17. The molecule has 0 radical (unpaired) electrons. The first-order chi connectivity index (χ1) is 5.56. The molecule has 0 aromatic heterocycles. The number of alkyl carbamates (subject to hydrolysis) is 1. The number of carbonyl (C=O) groups excluding carboxylic acids is 1. The van der Waals surface area contributed by atoms with Crippen LogP contribution in [0.1, 0.15) is 0 Å². The van der Waals surface area contributed by atoms with Crippen molar-refractivity contribution >= 4 is 6.09 Å². The van der Waals surface area contributed by atoms with Crippen LogP contribution < -0.4 is 10.6 Å². The Morgan fingerprint density at radius 1 is 1.75 bits per heavy atom. The normalized spacial score (nSPS) is 26.8. The Hall–Kier alpha value is -0.910. The summed E-state index contributed by atoms with van der Waals surface area (Å²) in [6.45, 7) is -0.330. The molecule has 1 aliphatic rings. The van der Waals surface area contributed by atoms with Crippen LogP contribution in [0.2, 0.25) is 0 Å². The van der Waals surface area contributed by atoms with E-state index in [4.69, 9.17) is 0 Å². The molecule has 1 amide bonds. The molecule has 70 valence electrons. The van der Waals surface area contributed by atoms with Crippen molar-refractivity contribution in [3.63, 3.8) is 0 Å². The quantitative estimate of drug-likeness (QED) is 0.594. The van der Waals surface area contributed by atoms with Crippen LogP contribution in [-0.2, 0) is 4.74 Å². The van der Waals surface area contributed by atoms with Crippen molar-refractivity contribution in [3.05, 3.63) is 0 Å². The van der Waals surface area contributed by atoms with Gasteiger partial charge in [0.15, 0.2) is 0 Å². The molecule has 0 saturated carbocycles. The van der Waals surface area contributed by atoms with Crippen LogP contribution in [-0.4, -0.2) is 38.3 Å². The summed E-state index contributed by atoms with van der Waals surface area (Å²) < 4.78 is 29.7. The Balaban J connectivity index is 2.47. The number of amides is 1. The highest BCUT2D eigenvalue weighted by Gasteiger charge is 2.44. The Labute approximate surface area is 68.3 Å². The third-order valence-electron chi connectivity index (χ3n) is 1.70. The van der Waals surface area contributed by atoms with Crippen molar-refractivity contribution in [3.8, 4) is 0 Å². The molecule has 1 rings (SSSR count). The Kier molecular flexibility index (Phi) is 2.46. The highest BCUT2D eigenvalue weighted by Crippen LogP contribution is 2.21. The van der Waals surface area contributed by atoms with E-state index in [1.54, 1.807) is 0 Å². The van der Waals surface area contributed by atoms with Gasteiger partial charge in [-0.25, -0.2) is 13.6 Å². The van der Waals surface area contributed by atoms with E-state index in [0.29, 0.717) is 0 Å². The fourth-order valence-electron chi connectivity index (χ4n) is 1.01. The molecule has 1 atom stereocenters. The molecule has 6 heteroatoms. The molecule has 1 unspecified atom stereocenters. The third-order valence-corrected chi connectivity index (χ3v) is 1.70. The molecule has 0 aromatic carbocycles. The summed E-state index contributed by atoms with van der Waals surface area (Å²) in [4.78, 5) is 10.6. The maximum absolute atomic E-state index is 12.8. The molecular formula is C6H10F2N2O2. The lowest BCUT2D eigenvalue weighted by Crippen LogP contribution is -2.46. The van der Waals surface area contributed by atoms with Gasteiger partial charge in [0.1, 0.15) is 6.04 Å². The van der Waals surface area contributed by atoms with E-state index in [9.17, 15) is 13.6 Å². The number of methoxy groups -OCH3 is 1. The van der Waals surface area contributed by atoms with Gasteiger partial charge in [-0.05, 0) is 0 Å². The predicted molar refractivity (Wildman–Crippen MR) is 37.1 cm³/mol. The second kappa shape index (κ2) is 3.22. The van der Waals surface area contributed by atoms with Gasteiger partial charge in [-0.2, -0.15) is 0 Å². The van der Waals surface area contributed by atoms with Gasteiger partial charge >= 0.3 is 6.09 Å². The number of hydrogen-bond acceptors (Lipinski definition) is 3. The average molecular weight is 180 g/mol. The predicted octanol–water partition coefficient (Wildman–Crippen LogP) is -0.0505. The number of nitrogens with one attached hydrogen (secondary N) is 2. The number of alkyl halides is 2. The van der Waals surface area contributed by atoms with Gasteiger partial charge < -0.3 is 15.4 Å². The van der Waals surface area contributed by atoms with E-state index in [0.717, 1.165) is 7.11 Å². The Morgan fingerprint density at radius 2 is 2.42 bits per heavy atom. The first kappa shape index (κ1) is 9.18. The summed E-state index contributed by atoms with van der Waals surface area (Å²) in [7, 11) is 1.13. The highest BCUT2D eigenvalue weighted by atomic mass is 19.3. The van der Waals surface area contributed by atoms with Crippen LogP contribution in [0, 0.1) is 0 Å². The van der Waals surface area contributed by atoms with Crippen molar-refractivity contribution in [2.45, 2.75) is 12.0 Å². The van der Waals surface area contributed by atoms with Gasteiger partial charge in [-0.3, -0.25) is 0 Å². The molecule has 0 aromatic rings. The van der Waals surface area contributed by atoms with Crippen molar-refractivity contribution < 1.29 is 18.3 Å². The van der Waals surface area contributed by atoms with Gasteiger partial charge in [0.2, 0.25) is 0 Å². The largest absolute Gasteiger partial charge is 0.453 e. The zero-order chi connectivity index (χ0) is 9.19. The molecule has 0 spiro atoms. The van der Waals surface area contributed by atoms with Gasteiger partial charge in [0.25, 0.3) is 5.92 Å². The maximum atomic E-state index is 12.8. The minimum atomic E-state index is -2.88. The van der Waals surface area contributed by atoms with Gasteiger partial charge in [-0.1, -0.05) is 0 Å². The van der Waals surface area contributed by atoms with Crippen LogP contribution in [0.25, 0.3) is 0 Å². The van der Waals surface area contributed by atoms with E-state index in [1.807, 2.05) is 5.32 Å². The Bertz CT molecular complexity index is 186. The second-order valence-corrected chi connectivity index (χ2v) is 2.58. The smallest absolute Gasteiger partial charge is 0.407 e. The molecule has 12 heavy (non-hydrogen) atoms. The molecule has 1 heterocycles. The summed E-state index contributed by atoms with van der Waals surface area (Å²) in [5.41, 5.74) is 0. The number of rotatable bonds is 1. The van der Waals surface area contributed by atoms with Crippen molar-refractivity contribution in [2.24, 2.45) is 0 Å². The first-order valence-electron chi connectivity index (χ1n) is 3.49. The first-order valence-corrected chi connectivity index (χ1v) is 3.49. The summed E-state index contributed by atoms with van der Waals surface area (Å²) in [5.74, 6) is -2.88. The van der Waals surface area contributed by atoms with Crippen LogP contribution >= 0.6 is 0 Å². The molecule has 1 fully saturated rings. The maximum Gasteiger partial charge on any atom is 0.407 e. The molecule has 2 N–H and O–H groups in total. The Morgan fingerprint density at radius 3 is 2.83 bits per heavy atom. The fraction of sp³-hybridized carbons (Fsp3) is 0.833. The van der Waals surface area contributed by atoms with Gasteiger partial charge in [0, 0.05) is 6.54 Å². The van der Waals surface area contributed by atoms with E-state index in [-0.39, 0.29) is 6.54 Å². The van der Waals surface area contributed by atoms with Gasteiger partial charge in [-0.15, -0.1) is 0 Å². The van der Waals surface area contributed by atoms with Crippen LogP contribution in [0.15, 0.2) is 0 Å². The lowest BCUT2D eigenvalue weighted by atomic mass is 10.2. The zero-order valence-corrected chi connectivity index (χ0v) is 6.56.